The molecule has 1 amide bonds. The first-order chi connectivity index (χ1) is 10.1. The quantitative estimate of drug-likeness (QED) is 0.665. The number of carbonyl (C=O) groups excluding carboxylic acids is 1. The van der Waals surface area contributed by atoms with Crippen molar-refractivity contribution in [1.29, 1.82) is 0 Å². The van der Waals surface area contributed by atoms with E-state index in [4.69, 9.17) is 0 Å². The van der Waals surface area contributed by atoms with Gasteiger partial charge in [-0.2, -0.15) is 0 Å². The van der Waals surface area contributed by atoms with Crippen LogP contribution in [0.2, 0.25) is 0 Å². The number of carbonyl (C=O) groups is 1. The molecule has 0 unspecified atom stereocenters. The lowest BCUT2D eigenvalue weighted by Crippen LogP contribution is -2.44. The fourth-order valence-electron chi connectivity index (χ4n) is 3.34. The maximum atomic E-state index is 12.5. The zero-order valence-corrected chi connectivity index (χ0v) is 11.9. The van der Waals surface area contributed by atoms with E-state index < -0.39 is 4.92 Å². The Bertz CT molecular complexity index is 557. The van der Waals surface area contributed by atoms with Crippen molar-refractivity contribution >= 4 is 11.6 Å². The van der Waals surface area contributed by atoms with E-state index in [1.807, 2.05) is 4.90 Å². The molecule has 0 bridgehead atoms. The number of likely N-dealkylation sites (tertiary alicyclic amines) is 1. The summed E-state index contributed by atoms with van der Waals surface area (Å²) in [7, 11) is 0. The average molecular weight is 289 g/mol. The molecule has 0 saturated carbocycles. The summed E-state index contributed by atoms with van der Waals surface area (Å²) in [5.74, 6) is -0.0977. The maximum Gasteiger partial charge on any atom is 0.270 e. The van der Waals surface area contributed by atoms with E-state index in [0.29, 0.717) is 11.0 Å². The predicted octanol–water partition coefficient (Wildman–Crippen LogP) is 1.81. The molecule has 6 heteroatoms. The van der Waals surface area contributed by atoms with Crippen LogP contribution in [0.4, 0.5) is 5.69 Å². The number of rotatable bonds is 2. The Hall–Kier alpha value is -1.95. The van der Waals surface area contributed by atoms with Gasteiger partial charge in [0.25, 0.3) is 11.6 Å². The minimum Gasteiger partial charge on any atom is -0.339 e. The third kappa shape index (κ3) is 2.76. The predicted molar refractivity (Wildman–Crippen MR) is 78.2 cm³/mol. The van der Waals surface area contributed by atoms with E-state index in [-0.39, 0.29) is 11.6 Å². The van der Waals surface area contributed by atoms with E-state index in [2.05, 4.69) is 5.32 Å². The molecule has 0 aliphatic carbocycles. The number of hydrogen-bond donors (Lipinski definition) is 1. The Balaban J connectivity index is 1.69. The van der Waals surface area contributed by atoms with Crippen molar-refractivity contribution in [3.8, 4) is 0 Å². The second-order valence-electron chi connectivity index (χ2n) is 6.03. The third-order valence-corrected chi connectivity index (χ3v) is 4.75. The van der Waals surface area contributed by atoms with E-state index >= 15 is 0 Å². The lowest BCUT2D eigenvalue weighted by Gasteiger charge is -2.38. The van der Waals surface area contributed by atoms with Crippen molar-refractivity contribution in [3.63, 3.8) is 0 Å². The van der Waals surface area contributed by atoms with Crippen LogP contribution in [0.5, 0.6) is 0 Å². The number of nitro groups is 1. The first-order valence-electron chi connectivity index (χ1n) is 7.34. The Kier molecular flexibility index (Phi) is 3.63. The van der Waals surface area contributed by atoms with Crippen molar-refractivity contribution < 1.29 is 9.72 Å². The van der Waals surface area contributed by atoms with Gasteiger partial charge in [0.15, 0.2) is 0 Å². The van der Waals surface area contributed by atoms with Gasteiger partial charge in [-0.1, -0.05) is 6.07 Å². The van der Waals surface area contributed by atoms with Crippen molar-refractivity contribution in [1.82, 2.24) is 10.2 Å². The highest BCUT2D eigenvalue weighted by Gasteiger charge is 2.38. The SMILES string of the molecule is O=C(c1cccc([N+](=O)[O-])c1)N1CCC2(CCNC2)CC1. The van der Waals surface area contributed by atoms with Gasteiger partial charge < -0.3 is 10.2 Å². The van der Waals surface area contributed by atoms with Crippen molar-refractivity contribution in [2.24, 2.45) is 5.41 Å². The van der Waals surface area contributed by atoms with Gasteiger partial charge in [0.05, 0.1) is 4.92 Å². The van der Waals surface area contributed by atoms with Crippen LogP contribution in [0, 0.1) is 15.5 Å². The van der Waals surface area contributed by atoms with E-state index in [1.165, 1.54) is 18.6 Å². The van der Waals surface area contributed by atoms with Gasteiger partial charge in [0.2, 0.25) is 0 Å². The molecule has 21 heavy (non-hydrogen) atoms. The summed E-state index contributed by atoms with van der Waals surface area (Å²) in [4.78, 5) is 24.6. The van der Waals surface area contributed by atoms with Crippen LogP contribution < -0.4 is 5.32 Å². The first kappa shape index (κ1) is 14.0. The number of nitrogens with zero attached hydrogens (tertiary/aromatic N) is 2. The zero-order valence-electron chi connectivity index (χ0n) is 11.9. The summed E-state index contributed by atoms with van der Waals surface area (Å²) in [5.41, 5.74) is 0.735. The second-order valence-corrected chi connectivity index (χ2v) is 6.03. The number of benzene rings is 1. The average Bonchev–Trinajstić information content (AvgIpc) is 2.96. The second kappa shape index (κ2) is 5.44. The Labute approximate surface area is 123 Å². The third-order valence-electron chi connectivity index (χ3n) is 4.75. The first-order valence-corrected chi connectivity index (χ1v) is 7.34. The number of non-ortho nitro benzene ring substituents is 1. The van der Waals surface area contributed by atoms with Crippen LogP contribution in [0.3, 0.4) is 0 Å². The number of piperidine rings is 1. The molecular weight excluding hydrogens is 270 g/mol. The largest absolute Gasteiger partial charge is 0.339 e. The summed E-state index contributed by atoms with van der Waals surface area (Å²) in [6, 6.07) is 5.99. The van der Waals surface area contributed by atoms with Crippen molar-refractivity contribution in [2.75, 3.05) is 26.2 Å². The Morgan fingerprint density at radius 2 is 2.05 bits per heavy atom. The smallest absolute Gasteiger partial charge is 0.270 e. The van der Waals surface area contributed by atoms with Crippen LogP contribution in [0.1, 0.15) is 29.6 Å². The molecule has 2 fully saturated rings. The lowest BCUT2D eigenvalue weighted by molar-refractivity contribution is -0.384. The number of nitro benzene ring substituents is 1. The van der Waals surface area contributed by atoms with E-state index in [9.17, 15) is 14.9 Å². The molecular formula is C15H19N3O3. The molecule has 2 aliphatic rings. The molecule has 0 atom stereocenters. The number of nitrogens with one attached hydrogen (secondary N) is 1. The van der Waals surface area contributed by atoms with Gasteiger partial charge >= 0.3 is 0 Å². The van der Waals surface area contributed by atoms with E-state index in [0.717, 1.165) is 39.0 Å². The highest BCUT2D eigenvalue weighted by Crippen LogP contribution is 2.37. The molecule has 2 saturated heterocycles. The monoisotopic (exact) mass is 289 g/mol. The molecule has 1 aromatic rings. The summed E-state index contributed by atoms with van der Waals surface area (Å²) in [6.07, 6.45) is 3.22. The van der Waals surface area contributed by atoms with Gasteiger partial charge in [-0.25, -0.2) is 0 Å². The topological polar surface area (TPSA) is 75.5 Å². The van der Waals surface area contributed by atoms with Crippen molar-refractivity contribution in [3.05, 3.63) is 39.9 Å². The van der Waals surface area contributed by atoms with Gasteiger partial charge in [-0.3, -0.25) is 14.9 Å². The lowest BCUT2D eigenvalue weighted by atomic mass is 9.78. The van der Waals surface area contributed by atoms with Crippen LogP contribution in [-0.2, 0) is 0 Å². The molecule has 3 rings (SSSR count). The standard InChI is InChI=1S/C15H19N3O3/c19-14(12-2-1-3-13(10-12)18(20)21)17-8-5-15(6-9-17)4-7-16-11-15/h1-3,10,16H,4-9,11H2. The van der Waals surface area contributed by atoms with Gasteiger partial charge in [0.1, 0.15) is 0 Å². The van der Waals surface area contributed by atoms with Gasteiger partial charge in [-0.15, -0.1) is 0 Å². The Morgan fingerprint density at radius 3 is 2.67 bits per heavy atom. The number of amides is 1. The van der Waals surface area contributed by atoms with Gasteiger partial charge in [-0.05, 0) is 37.3 Å². The molecule has 1 aromatic carbocycles. The maximum absolute atomic E-state index is 12.5. The van der Waals surface area contributed by atoms with Gasteiger partial charge in [0, 0.05) is 37.3 Å². The summed E-state index contributed by atoms with van der Waals surface area (Å²) in [5, 5.41) is 14.2. The zero-order chi connectivity index (χ0) is 14.9. The van der Waals surface area contributed by atoms with E-state index in [1.54, 1.807) is 12.1 Å². The van der Waals surface area contributed by atoms with Crippen LogP contribution >= 0.6 is 0 Å². The molecule has 0 radical (unpaired) electrons. The number of hydrogen-bond acceptors (Lipinski definition) is 4. The van der Waals surface area contributed by atoms with Crippen LogP contribution in [-0.4, -0.2) is 41.9 Å². The molecule has 0 aromatic heterocycles. The van der Waals surface area contributed by atoms with Crippen molar-refractivity contribution in [2.45, 2.75) is 19.3 Å². The minimum absolute atomic E-state index is 0.0330. The summed E-state index contributed by atoms with van der Waals surface area (Å²) < 4.78 is 0. The normalized spacial score (nSPS) is 20.7. The summed E-state index contributed by atoms with van der Waals surface area (Å²) in [6.45, 7) is 3.59. The highest BCUT2D eigenvalue weighted by atomic mass is 16.6. The molecule has 2 heterocycles. The fraction of sp³-hybridized carbons (Fsp3) is 0.533. The summed E-state index contributed by atoms with van der Waals surface area (Å²) >= 11 is 0. The molecule has 6 nitrogen and oxygen atoms in total. The minimum atomic E-state index is -0.466. The van der Waals surface area contributed by atoms with Crippen LogP contribution in [0.15, 0.2) is 24.3 Å². The Morgan fingerprint density at radius 1 is 1.29 bits per heavy atom. The molecule has 112 valence electrons. The molecule has 2 aliphatic heterocycles. The highest BCUT2D eigenvalue weighted by molar-refractivity contribution is 5.94. The molecule has 1 N–H and O–H groups in total. The fourth-order valence-corrected chi connectivity index (χ4v) is 3.34. The van der Waals surface area contributed by atoms with Crippen LogP contribution in [0.25, 0.3) is 0 Å². The molecule has 1 spiro atoms.